The molecule has 0 radical (unpaired) electrons. The summed E-state index contributed by atoms with van der Waals surface area (Å²) in [6.45, 7) is 1.52. The highest BCUT2D eigenvalue weighted by Gasteiger charge is 2.33. The molecule has 3 heterocycles. The first-order chi connectivity index (χ1) is 9.22. The molecule has 2 aromatic rings. The molecule has 0 spiro atoms. The standard InChI is InChI=1S/C12H12N4O3/c17-12(18)8-5-16(6-8)7-10-14-11(15-19-10)9-3-1-2-4-13-9/h1-4,8H,5-7H2,(H,17,18). The molecule has 0 amide bonds. The fourth-order valence-electron chi connectivity index (χ4n) is 1.96. The van der Waals surface area contributed by atoms with Crippen molar-refractivity contribution < 1.29 is 14.4 Å². The lowest BCUT2D eigenvalue weighted by atomic mass is 10.0. The Morgan fingerprint density at radius 2 is 2.32 bits per heavy atom. The second-order valence-electron chi connectivity index (χ2n) is 4.46. The van der Waals surface area contributed by atoms with Crippen LogP contribution in [0.4, 0.5) is 0 Å². The molecule has 7 heteroatoms. The summed E-state index contributed by atoms with van der Waals surface area (Å²) in [5.41, 5.74) is 0.657. The molecule has 0 saturated carbocycles. The molecule has 1 saturated heterocycles. The minimum absolute atomic E-state index is 0.279. The predicted octanol–water partition coefficient (Wildman–Crippen LogP) is 0.648. The van der Waals surface area contributed by atoms with Crippen molar-refractivity contribution in [2.45, 2.75) is 6.54 Å². The van der Waals surface area contributed by atoms with Gasteiger partial charge in [-0.3, -0.25) is 14.7 Å². The van der Waals surface area contributed by atoms with Gasteiger partial charge in [0.25, 0.3) is 0 Å². The van der Waals surface area contributed by atoms with Crippen LogP contribution in [0.5, 0.6) is 0 Å². The number of aliphatic carboxylic acids is 1. The highest BCUT2D eigenvalue weighted by molar-refractivity contribution is 5.71. The molecule has 0 atom stereocenters. The van der Waals surface area contributed by atoms with Crippen LogP contribution < -0.4 is 0 Å². The van der Waals surface area contributed by atoms with Gasteiger partial charge in [-0.2, -0.15) is 4.98 Å². The average molecular weight is 260 g/mol. The van der Waals surface area contributed by atoms with E-state index in [0.717, 1.165) is 0 Å². The van der Waals surface area contributed by atoms with E-state index in [0.29, 0.717) is 37.0 Å². The number of rotatable bonds is 4. The third-order valence-corrected chi connectivity index (χ3v) is 3.03. The van der Waals surface area contributed by atoms with Gasteiger partial charge in [0.15, 0.2) is 0 Å². The molecule has 1 aliphatic heterocycles. The lowest BCUT2D eigenvalue weighted by Crippen LogP contribution is -2.49. The van der Waals surface area contributed by atoms with Crippen LogP contribution in [0.3, 0.4) is 0 Å². The third kappa shape index (κ3) is 2.45. The smallest absolute Gasteiger partial charge is 0.309 e. The monoisotopic (exact) mass is 260 g/mol. The van der Waals surface area contributed by atoms with Gasteiger partial charge >= 0.3 is 5.97 Å². The van der Waals surface area contributed by atoms with E-state index in [2.05, 4.69) is 15.1 Å². The number of likely N-dealkylation sites (tertiary alicyclic amines) is 1. The van der Waals surface area contributed by atoms with Crippen molar-refractivity contribution in [1.29, 1.82) is 0 Å². The van der Waals surface area contributed by atoms with Gasteiger partial charge in [-0.25, -0.2) is 0 Å². The Balaban J connectivity index is 1.62. The van der Waals surface area contributed by atoms with E-state index < -0.39 is 5.97 Å². The van der Waals surface area contributed by atoms with Crippen LogP contribution in [0.1, 0.15) is 5.89 Å². The largest absolute Gasteiger partial charge is 0.481 e. The maximum absolute atomic E-state index is 10.7. The number of pyridine rings is 1. The molecule has 0 aliphatic carbocycles. The Hall–Kier alpha value is -2.28. The Labute approximate surface area is 108 Å². The molecule has 7 nitrogen and oxygen atoms in total. The third-order valence-electron chi connectivity index (χ3n) is 3.03. The lowest BCUT2D eigenvalue weighted by molar-refractivity contribution is -0.147. The number of hydrogen-bond donors (Lipinski definition) is 1. The Kier molecular flexibility index (Phi) is 2.96. The van der Waals surface area contributed by atoms with Crippen molar-refractivity contribution in [3.05, 3.63) is 30.3 Å². The number of carboxylic acid groups (broad SMARTS) is 1. The molecule has 19 heavy (non-hydrogen) atoms. The zero-order chi connectivity index (χ0) is 13.2. The van der Waals surface area contributed by atoms with Crippen LogP contribution in [0.15, 0.2) is 28.9 Å². The van der Waals surface area contributed by atoms with Gasteiger partial charge in [-0.1, -0.05) is 11.2 Å². The molecular formula is C12H12N4O3. The van der Waals surface area contributed by atoms with Crippen LogP contribution >= 0.6 is 0 Å². The van der Waals surface area contributed by atoms with Crippen molar-refractivity contribution in [1.82, 2.24) is 20.0 Å². The molecule has 0 unspecified atom stereocenters. The van der Waals surface area contributed by atoms with Gasteiger partial charge < -0.3 is 9.63 Å². The van der Waals surface area contributed by atoms with E-state index in [4.69, 9.17) is 9.63 Å². The first-order valence-electron chi connectivity index (χ1n) is 5.91. The summed E-state index contributed by atoms with van der Waals surface area (Å²) in [7, 11) is 0. The molecule has 1 N–H and O–H groups in total. The van der Waals surface area contributed by atoms with Gasteiger partial charge in [0.05, 0.1) is 12.5 Å². The normalized spacial score (nSPS) is 16.2. The molecule has 1 fully saturated rings. The fourth-order valence-corrected chi connectivity index (χ4v) is 1.96. The molecule has 98 valence electrons. The van der Waals surface area contributed by atoms with Crippen molar-refractivity contribution in [3.63, 3.8) is 0 Å². The molecule has 0 bridgehead atoms. The number of aromatic nitrogens is 3. The summed E-state index contributed by atoms with van der Waals surface area (Å²) in [6.07, 6.45) is 1.66. The molecule has 1 aliphatic rings. The summed E-state index contributed by atoms with van der Waals surface area (Å²) in [5.74, 6) is -0.107. The summed E-state index contributed by atoms with van der Waals surface area (Å²) in [5, 5.41) is 12.6. The van der Waals surface area contributed by atoms with Crippen LogP contribution in [-0.4, -0.2) is 44.2 Å². The van der Waals surface area contributed by atoms with Crippen LogP contribution in [0, 0.1) is 5.92 Å². The van der Waals surface area contributed by atoms with Crippen molar-refractivity contribution in [2.75, 3.05) is 13.1 Å². The summed E-state index contributed by atoms with van der Waals surface area (Å²) >= 11 is 0. The van der Waals surface area contributed by atoms with Crippen LogP contribution in [-0.2, 0) is 11.3 Å². The Bertz CT molecular complexity index is 578. The molecular weight excluding hydrogens is 248 g/mol. The zero-order valence-electron chi connectivity index (χ0n) is 10.1. The second-order valence-corrected chi connectivity index (χ2v) is 4.46. The molecule has 0 aromatic carbocycles. The Morgan fingerprint density at radius 3 is 3.00 bits per heavy atom. The Morgan fingerprint density at radius 1 is 1.47 bits per heavy atom. The van der Waals surface area contributed by atoms with Gasteiger partial charge in [0.2, 0.25) is 11.7 Å². The summed E-state index contributed by atoms with van der Waals surface area (Å²) in [4.78, 5) is 21.0. The van der Waals surface area contributed by atoms with Crippen LogP contribution in [0.25, 0.3) is 11.5 Å². The van der Waals surface area contributed by atoms with E-state index in [9.17, 15) is 4.79 Å². The number of carbonyl (C=O) groups is 1. The fraction of sp³-hybridized carbons (Fsp3) is 0.333. The van der Waals surface area contributed by atoms with E-state index >= 15 is 0 Å². The van der Waals surface area contributed by atoms with Crippen molar-refractivity contribution in [2.24, 2.45) is 5.92 Å². The number of hydrogen-bond acceptors (Lipinski definition) is 6. The van der Waals surface area contributed by atoms with E-state index in [-0.39, 0.29) is 5.92 Å². The molecule has 3 rings (SSSR count). The van der Waals surface area contributed by atoms with Crippen molar-refractivity contribution >= 4 is 5.97 Å². The average Bonchev–Trinajstić information content (AvgIpc) is 2.82. The quantitative estimate of drug-likeness (QED) is 0.862. The topological polar surface area (TPSA) is 92.3 Å². The zero-order valence-corrected chi connectivity index (χ0v) is 10.1. The maximum Gasteiger partial charge on any atom is 0.309 e. The van der Waals surface area contributed by atoms with E-state index in [1.54, 1.807) is 12.3 Å². The first kappa shape index (κ1) is 11.8. The van der Waals surface area contributed by atoms with E-state index in [1.165, 1.54) is 0 Å². The highest BCUT2D eigenvalue weighted by atomic mass is 16.5. The first-order valence-corrected chi connectivity index (χ1v) is 5.91. The summed E-state index contributed by atoms with van der Waals surface area (Å²) < 4.78 is 5.13. The van der Waals surface area contributed by atoms with Gasteiger partial charge in [0.1, 0.15) is 5.69 Å². The summed E-state index contributed by atoms with van der Waals surface area (Å²) in [6, 6.07) is 5.47. The minimum Gasteiger partial charge on any atom is -0.481 e. The number of nitrogens with zero attached hydrogens (tertiary/aromatic N) is 4. The highest BCUT2D eigenvalue weighted by Crippen LogP contribution is 2.19. The van der Waals surface area contributed by atoms with Gasteiger partial charge in [-0.15, -0.1) is 0 Å². The van der Waals surface area contributed by atoms with Gasteiger partial charge in [-0.05, 0) is 12.1 Å². The SMILES string of the molecule is O=C(O)C1CN(Cc2nc(-c3ccccn3)no2)C1. The van der Waals surface area contributed by atoms with E-state index in [1.807, 2.05) is 17.0 Å². The maximum atomic E-state index is 10.7. The van der Waals surface area contributed by atoms with Crippen LogP contribution in [0.2, 0.25) is 0 Å². The predicted molar refractivity (Wildman–Crippen MR) is 63.9 cm³/mol. The lowest BCUT2D eigenvalue weighted by Gasteiger charge is -2.35. The second kappa shape index (κ2) is 4.77. The van der Waals surface area contributed by atoms with Crippen molar-refractivity contribution in [3.8, 4) is 11.5 Å². The number of carboxylic acids is 1. The van der Waals surface area contributed by atoms with Gasteiger partial charge in [0, 0.05) is 19.3 Å². The minimum atomic E-state index is -0.754. The molecule has 2 aromatic heterocycles.